The van der Waals surface area contributed by atoms with E-state index in [1.165, 1.54) is 0 Å². The van der Waals surface area contributed by atoms with Crippen molar-refractivity contribution in [1.29, 1.82) is 0 Å². The van der Waals surface area contributed by atoms with Crippen LogP contribution in [0.25, 0.3) is 0 Å². The number of ether oxygens (including phenoxy) is 7. The monoisotopic (exact) mass is 672 g/mol. The summed E-state index contributed by atoms with van der Waals surface area (Å²) in [7, 11) is 0. The van der Waals surface area contributed by atoms with E-state index in [1.54, 1.807) is 72.8 Å². The summed E-state index contributed by atoms with van der Waals surface area (Å²) in [5.74, 6) is 3.18. The van der Waals surface area contributed by atoms with Gasteiger partial charge in [0, 0.05) is 22.5 Å². The molecule has 0 spiro atoms. The number of nitrogens with one attached hydrogen (secondary N) is 2. The van der Waals surface area contributed by atoms with Crippen LogP contribution in [0, 0.1) is 0 Å². The third kappa shape index (κ3) is 9.72. The van der Waals surface area contributed by atoms with Crippen molar-refractivity contribution in [3.63, 3.8) is 0 Å². The van der Waals surface area contributed by atoms with Crippen LogP contribution in [0.1, 0.15) is 62.3 Å². The number of anilines is 2. The van der Waals surface area contributed by atoms with Gasteiger partial charge >= 0.3 is 0 Å². The first-order valence-corrected chi connectivity index (χ1v) is 16.5. The molecule has 4 aromatic carbocycles. The highest BCUT2D eigenvalue weighted by molar-refractivity contribution is 6.05. The van der Waals surface area contributed by atoms with Gasteiger partial charge in [-0.1, -0.05) is 0 Å². The minimum atomic E-state index is -0.329. The van der Waals surface area contributed by atoms with Crippen molar-refractivity contribution in [3.8, 4) is 46.0 Å². The molecular formula is C38H44N2O9. The maximum Gasteiger partial charge on any atom is 0.255 e. The van der Waals surface area contributed by atoms with Crippen LogP contribution in [0.15, 0.2) is 72.8 Å². The van der Waals surface area contributed by atoms with Crippen molar-refractivity contribution < 1.29 is 42.7 Å². The fraction of sp³-hybridized carbons (Fsp3) is 0.316. The van der Waals surface area contributed by atoms with Gasteiger partial charge < -0.3 is 43.8 Å². The minimum Gasteiger partial charge on any atom is -0.490 e. The Balaban J connectivity index is 1.40. The van der Waals surface area contributed by atoms with Crippen LogP contribution in [-0.2, 0) is 0 Å². The van der Waals surface area contributed by atoms with E-state index in [1.807, 2.05) is 41.5 Å². The zero-order valence-electron chi connectivity index (χ0n) is 28.8. The molecular weight excluding hydrogens is 628 g/mol. The van der Waals surface area contributed by atoms with E-state index in [-0.39, 0.29) is 11.8 Å². The van der Waals surface area contributed by atoms with Crippen molar-refractivity contribution in [2.24, 2.45) is 0 Å². The van der Waals surface area contributed by atoms with E-state index >= 15 is 0 Å². The summed E-state index contributed by atoms with van der Waals surface area (Å²) in [5, 5.41) is 5.80. The summed E-state index contributed by atoms with van der Waals surface area (Å²) < 4.78 is 40.4. The molecule has 0 bridgehead atoms. The second kappa shape index (κ2) is 18.1. The summed E-state index contributed by atoms with van der Waals surface area (Å²) in [6.45, 7) is 13.7. The van der Waals surface area contributed by atoms with E-state index in [9.17, 15) is 9.59 Å². The molecule has 4 aromatic rings. The molecule has 0 saturated heterocycles. The van der Waals surface area contributed by atoms with Crippen molar-refractivity contribution in [2.45, 2.75) is 41.5 Å². The van der Waals surface area contributed by atoms with Crippen molar-refractivity contribution in [3.05, 3.63) is 83.9 Å². The molecule has 0 aromatic heterocycles. The molecule has 0 aliphatic heterocycles. The lowest BCUT2D eigenvalue weighted by atomic mass is 10.1. The molecule has 2 N–H and O–H groups in total. The van der Waals surface area contributed by atoms with Gasteiger partial charge in [0.15, 0.2) is 23.0 Å². The predicted octanol–water partition coefficient (Wildman–Crippen LogP) is 8.38. The Kier molecular flexibility index (Phi) is 13.4. The fourth-order valence-corrected chi connectivity index (χ4v) is 4.79. The Morgan fingerprint density at radius 1 is 0.449 bits per heavy atom. The smallest absolute Gasteiger partial charge is 0.255 e. The first-order chi connectivity index (χ1) is 23.8. The van der Waals surface area contributed by atoms with Gasteiger partial charge in [0.1, 0.15) is 11.5 Å². The van der Waals surface area contributed by atoms with Crippen LogP contribution in [-0.4, -0.2) is 51.5 Å². The van der Waals surface area contributed by atoms with Gasteiger partial charge in [-0.2, -0.15) is 0 Å². The number of hydrogen-bond donors (Lipinski definition) is 2. The van der Waals surface area contributed by atoms with Gasteiger partial charge in [-0.05, 0) is 114 Å². The predicted molar refractivity (Wildman–Crippen MR) is 189 cm³/mol. The highest BCUT2D eigenvalue weighted by Crippen LogP contribution is 2.40. The van der Waals surface area contributed by atoms with E-state index < -0.39 is 0 Å². The second-order valence-electron chi connectivity index (χ2n) is 10.3. The number of rotatable bonds is 18. The first-order valence-electron chi connectivity index (χ1n) is 16.5. The Labute approximate surface area is 287 Å². The standard InChI is InChI=1S/C38H44N2O9/c1-7-43-31-21-25(22-32(44-8-2)35(31)47-11-5)37(41)39-27-13-17-29(18-14-27)49-30-19-15-28(16-20-30)40-38(42)26-23-33(45-9-3)36(48-12-6)34(24-26)46-10-4/h13-24H,7-12H2,1-6H3,(H,39,41)(H,40,42). The Morgan fingerprint density at radius 2 is 0.735 bits per heavy atom. The van der Waals surface area contributed by atoms with Crippen LogP contribution in [0.4, 0.5) is 11.4 Å². The van der Waals surface area contributed by atoms with Gasteiger partial charge in [-0.25, -0.2) is 0 Å². The van der Waals surface area contributed by atoms with Gasteiger partial charge in [-0.15, -0.1) is 0 Å². The zero-order chi connectivity index (χ0) is 35.2. The quantitative estimate of drug-likeness (QED) is 0.107. The van der Waals surface area contributed by atoms with E-state index in [4.69, 9.17) is 33.2 Å². The van der Waals surface area contributed by atoms with Gasteiger partial charge in [0.2, 0.25) is 11.5 Å². The van der Waals surface area contributed by atoms with Crippen molar-refractivity contribution >= 4 is 23.2 Å². The molecule has 0 fully saturated rings. The molecule has 0 heterocycles. The lowest BCUT2D eigenvalue weighted by Gasteiger charge is -2.17. The Hall–Kier alpha value is -5.58. The second-order valence-corrected chi connectivity index (χ2v) is 10.3. The maximum absolute atomic E-state index is 13.2. The van der Waals surface area contributed by atoms with Crippen LogP contribution >= 0.6 is 0 Å². The molecule has 0 aliphatic rings. The molecule has 4 rings (SSSR count). The minimum absolute atomic E-state index is 0.329. The lowest BCUT2D eigenvalue weighted by molar-refractivity contribution is 0.101. The first kappa shape index (κ1) is 36.3. The highest BCUT2D eigenvalue weighted by Gasteiger charge is 2.20. The van der Waals surface area contributed by atoms with E-state index in [0.29, 0.717) is 108 Å². The molecule has 0 unspecified atom stereocenters. The molecule has 49 heavy (non-hydrogen) atoms. The Morgan fingerprint density at radius 3 is 1.00 bits per heavy atom. The number of benzene rings is 4. The van der Waals surface area contributed by atoms with E-state index in [2.05, 4.69) is 10.6 Å². The van der Waals surface area contributed by atoms with E-state index in [0.717, 1.165) is 0 Å². The number of carbonyl (C=O) groups is 2. The normalized spacial score (nSPS) is 10.5. The van der Waals surface area contributed by atoms with Crippen LogP contribution in [0.3, 0.4) is 0 Å². The van der Waals surface area contributed by atoms with Gasteiger partial charge in [0.05, 0.1) is 39.6 Å². The molecule has 0 saturated carbocycles. The summed E-state index contributed by atoms with van der Waals surface area (Å²) in [4.78, 5) is 26.3. The molecule has 11 nitrogen and oxygen atoms in total. The molecule has 0 aliphatic carbocycles. The van der Waals surface area contributed by atoms with Crippen LogP contribution in [0.5, 0.6) is 46.0 Å². The third-order valence-corrected chi connectivity index (χ3v) is 6.80. The molecule has 11 heteroatoms. The van der Waals surface area contributed by atoms with Crippen molar-refractivity contribution in [2.75, 3.05) is 50.3 Å². The molecule has 0 radical (unpaired) electrons. The van der Waals surface area contributed by atoms with Gasteiger partial charge in [0.25, 0.3) is 11.8 Å². The van der Waals surface area contributed by atoms with Crippen LogP contribution in [0.2, 0.25) is 0 Å². The summed E-state index contributed by atoms with van der Waals surface area (Å²) >= 11 is 0. The Bertz CT molecular complexity index is 1510. The zero-order valence-corrected chi connectivity index (χ0v) is 28.8. The molecule has 260 valence electrons. The summed E-state index contributed by atoms with van der Waals surface area (Å²) in [6.07, 6.45) is 0. The van der Waals surface area contributed by atoms with Gasteiger partial charge in [-0.3, -0.25) is 9.59 Å². The largest absolute Gasteiger partial charge is 0.490 e. The molecule has 0 atom stereocenters. The number of carbonyl (C=O) groups excluding carboxylic acids is 2. The molecule has 2 amide bonds. The van der Waals surface area contributed by atoms with Crippen LogP contribution < -0.4 is 43.8 Å². The maximum atomic E-state index is 13.2. The van der Waals surface area contributed by atoms with Crippen molar-refractivity contribution in [1.82, 2.24) is 0 Å². The number of amides is 2. The average Bonchev–Trinajstić information content (AvgIpc) is 3.09. The summed E-state index contributed by atoms with van der Waals surface area (Å²) in [6, 6.07) is 20.5. The third-order valence-electron chi connectivity index (χ3n) is 6.80. The topological polar surface area (TPSA) is 123 Å². The number of hydrogen-bond acceptors (Lipinski definition) is 9. The lowest BCUT2D eigenvalue weighted by Crippen LogP contribution is -2.13. The SMILES string of the molecule is CCOc1cc(C(=O)Nc2ccc(Oc3ccc(NC(=O)c4cc(OCC)c(OCC)c(OCC)c4)cc3)cc2)cc(OCC)c1OCC. The highest BCUT2D eigenvalue weighted by atomic mass is 16.5. The summed E-state index contributed by atoms with van der Waals surface area (Å²) in [5.41, 5.74) is 1.90. The fourth-order valence-electron chi connectivity index (χ4n) is 4.79. The average molecular weight is 673 g/mol.